The van der Waals surface area contributed by atoms with Gasteiger partial charge in [-0.1, -0.05) is 30.3 Å². The van der Waals surface area contributed by atoms with Crippen molar-refractivity contribution in [1.29, 1.82) is 0 Å². The summed E-state index contributed by atoms with van der Waals surface area (Å²) in [4.78, 5) is 10.7. The van der Waals surface area contributed by atoms with Crippen molar-refractivity contribution in [2.45, 2.75) is 6.61 Å². The van der Waals surface area contributed by atoms with Gasteiger partial charge in [0.15, 0.2) is 0 Å². The Morgan fingerprint density at radius 2 is 2.00 bits per heavy atom. The Labute approximate surface area is 134 Å². The summed E-state index contributed by atoms with van der Waals surface area (Å²) >= 11 is 0. The summed E-state index contributed by atoms with van der Waals surface area (Å²) in [6.07, 6.45) is 4.66. The van der Waals surface area contributed by atoms with Gasteiger partial charge in [-0.3, -0.25) is 0 Å². The molecule has 0 aliphatic rings. The molecule has 1 heterocycles. The molecule has 0 saturated carbocycles. The fraction of sp³-hybridized carbons (Fsp3) is 0.105. The summed E-state index contributed by atoms with van der Waals surface area (Å²) in [5.41, 5.74) is 2.99. The Hall–Kier alpha value is -3.01. The third-order valence-electron chi connectivity index (χ3n) is 3.65. The number of aromatic nitrogens is 1. The lowest BCUT2D eigenvalue weighted by Gasteiger charge is -2.07. The first-order chi connectivity index (χ1) is 11.1. The van der Waals surface area contributed by atoms with E-state index in [0.29, 0.717) is 6.61 Å². The highest BCUT2D eigenvalue weighted by Crippen LogP contribution is 2.26. The quantitative estimate of drug-likeness (QED) is 0.728. The van der Waals surface area contributed by atoms with Crippen LogP contribution >= 0.6 is 0 Å². The van der Waals surface area contributed by atoms with Crippen LogP contribution in [0.4, 0.5) is 0 Å². The van der Waals surface area contributed by atoms with Crippen LogP contribution in [0.25, 0.3) is 17.0 Å². The molecule has 4 heteroatoms. The fourth-order valence-electron chi connectivity index (χ4n) is 2.52. The van der Waals surface area contributed by atoms with Gasteiger partial charge >= 0.3 is 5.97 Å². The van der Waals surface area contributed by atoms with E-state index in [0.717, 1.165) is 33.9 Å². The van der Waals surface area contributed by atoms with Crippen molar-refractivity contribution >= 4 is 22.9 Å². The molecule has 0 amide bonds. The molecule has 0 radical (unpaired) electrons. The van der Waals surface area contributed by atoms with Gasteiger partial charge < -0.3 is 14.4 Å². The third kappa shape index (κ3) is 3.43. The number of carboxylic acid groups (broad SMARTS) is 1. The molecule has 0 atom stereocenters. The molecule has 0 bridgehead atoms. The number of fused-ring (bicyclic) bond motifs is 1. The van der Waals surface area contributed by atoms with Gasteiger partial charge in [0.1, 0.15) is 12.4 Å². The maximum absolute atomic E-state index is 10.7. The van der Waals surface area contributed by atoms with Crippen LogP contribution in [-0.4, -0.2) is 15.6 Å². The van der Waals surface area contributed by atoms with Crippen molar-refractivity contribution in [3.8, 4) is 5.75 Å². The topological polar surface area (TPSA) is 51.5 Å². The summed E-state index contributed by atoms with van der Waals surface area (Å²) in [5.74, 6) is -0.166. The number of ether oxygens (including phenoxy) is 1. The minimum absolute atomic E-state index is 0.516. The lowest BCUT2D eigenvalue weighted by atomic mass is 10.1. The van der Waals surface area contributed by atoms with E-state index in [1.165, 1.54) is 0 Å². The van der Waals surface area contributed by atoms with Gasteiger partial charge in [-0.2, -0.15) is 0 Å². The van der Waals surface area contributed by atoms with E-state index in [2.05, 4.69) is 0 Å². The molecular formula is C19H17NO3. The molecule has 116 valence electrons. The van der Waals surface area contributed by atoms with Gasteiger partial charge in [-0.15, -0.1) is 0 Å². The molecular weight excluding hydrogens is 290 g/mol. The zero-order chi connectivity index (χ0) is 16.2. The van der Waals surface area contributed by atoms with Crippen molar-refractivity contribution in [2.24, 2.45) is 7.05 Å². The number of hydrogen-bond donors (Lipinski definition) is 1. The van der Waals surface area contributed by atoms with Crippen LogP contribution in [-0.2, 0) is 18.4 Å². The second kappa shape index (κ2) is 6.40. The molecule has 4 nitrogen and oxygen atoms in total. The van der Waals surface area contributed by atoms with E-state index in [1.807, 2.05) is 66.3 Å². The molecule has 0 unspecified atom stereocenters. The molecule has 2 aromatic carbocycles. The van der Waals surface area contributed by atoms with E-state index < -0.39 is 5.97 Å². The average molecular weight is 307 g/mol. The van der Waals surface area contributed by atoms with Gasteiger partial charge in [-0.05, 0) is 23.8 Å². The molecule has 0 spiro atoms. The number of aliphatic carboxylic acids is 1. The van der Waals surface area contributed by atoms with Crippen molar-refractivity contribution in [3.05, 3.63) is 71.9 Å². The highest BCUT2D eigenvalue weighted by Gasteiger charge is 2.06. The van der Waals surface area contributed by atoms with Gasteiger partial charge in [0, 0.05) is 36.3 Å². The molecule has 0 aliphatic carbocycles. The van der Waals surface area contributed by atoms with Gasteiger partial charge in [0.25, 0.3) is 0 Å². The zero-order valence-electron chi connectivity index (χ0n) is 12.8. The minimum atomic E-state index is -0.954. The molecule has 3 aromatic rings. The third-order valence-corrected chi connectivity index (χ3v) is 3.65. The number of nitrogens with zero attached hydrogens (tertiary/aromatic N) is 1. The summed E-state index contributed by atoms with van der Waals surface area (Å²) in [6.45, 7) is 0.516. The van der Waals surface area contributed by atoms with E-state index >= 15 is 0 Å². The lowest BCUT2D eigenvalue weighted by Crippen LogP contribution is -1.95. The monoisotopic (exact) mass is 307 g/mol. The Morgan fingerprint density at radius 1 is 1.22 bits per heavy atom. The number of rotatable bonds is 5. The second-order valence-corrected chi connectivity index (χ2v) is 5.32. The Balaban J connectivity index is 1.84. The molecule has 3 rings (SSSR count). The number of hydrogen-bond acceptors (Lipinski definition) is 2. The Kier molecular flexibility index (Phi) is 4.15. The normalized spacial score (nSPS) is 11.2. The first-order valence-electron chi connectivity index (χ1n) is 7.30. The Morgan fingerprint density at radius 3 is 2.74 bits per heavy atom. The van der Waals surface area contributed by atoms with E-state index in [9.17, 15) is 4.79 Å². The van der Waals surface area contributed by atoms with Crippen LogP contribution in [0.15, 0.2) is 60.8 Å². The van der Waals surface area contributed by atoms with Crippen molar-refractivity contribution in [1.82, 2.24) is 4.57 Å². The van der Waals surface area contributed by atoms with E-state index in [-0.39, 0.29) is 0 Å². The predicted octanol–water partition coefficient (Wildman–Crippen LogP) is 3.86. The molecule has 23 heavy (non-hydrogen) atoms. The zero-order valence-corrected chi connectivity index (χ0v) is 12.8. The highest BCUT2D eigenvalue weighted by molar-refractivity contribution is 5.94. The smallest absolute Gasteiger partial charge is 0.328 e. The molecule has 0 aliphatic heterocycles. The minimum Gasteiger partial charge on any atom is -0.489 e. The van der Waals surface area contributed by atoms with Crippen LogP contribution in [0.1, 0.15) is 11.1 Å². The lowest BCUT2D eigenvalue weighted by molar-refractivity contribution is -0.131. The van der Waals surface area contributed by atoms with E-state index in [4.69, 9.17) is 9.84 Å². The number of carboxylic acids is 1. The average Bonchev–Trinajstić information content (AvgIpc) is 2.88. The first-order valence-corrected chi connectivity index (χ1v) is 7.30. The van der Waals surface area contributed by atoms with E-state index in [1.54, 1.807) is 6.08 Å². The van der Waals surface area contributed by atoms with Crippen LogP contribution in [0.3, 0.4) is 0 Å². The van der Waals surface area contributed by atoms with Crippen molar-refractivity contribution in [2.75, 3.05) is 0 Å². The molecule has 1 aromatic heterocycles. The number of aryl methyl sites for hydroxylation is 1. The summed E-state index contributed by atoms with van der Waals surface area (Å²) in [5, 5.41) is 9.76. The van der Waals surface area contributed by atoms with Gasteiger partial charge in [0.05, 0.1) is 5.52 Å². The molecule has 1 N–H and O–H groups in total. The van der Waals surface area contributed by atoms with Gasteiger partial charge in [0.2, 0.25) is 0 Å². The largest absolute Gasteiger partial charge is 0.489 e. The number of carbonyl (C=O) groups is 1. The van der Waals surface area contributed by atoms with Crippen LogP contribution < -0.4 is 4.74 Å². The van der Waals surface area contributed by atoms with Crippen molar-refractivity contribution in [3.63, 3.8) is 0 Å². The van der Waals surface area contributed by atoms with Crippen LogP contribution in [0.5, 0.6) is 5.75 Å². The highest BCUT2D eigenvalue weighted by atomic mass is 16.5. The Bertz CT molecular complexity index is 863. The van der Waals surface area contributed by atoms with Gasteiger partial charge in [-0.25, -0.2) is 4.79 Å². The maximum Gasteiger partial charge on any atom is 0.328 e. The number of benzene rings is 2. The first kappa shape index (κ1) is 14.9. The van der Waals surface area contributed by atoms with Crippen LogP contribution in [0.2, 0.25) is 0 Å². The summed E-state index contributed by atoms with van der Waals surface area (Å²) in [6, 6.07) is 15.8. The molecule has 0 fully saturated rings. The van der Waals surface area contributed by atoms with Crippen LogP contribution in [0, 0.1) is 0 Å². The standard InChI is InChI=1S/C19H17NO3/c1-20-12-15(7-10-19(21)22)17-9-8-16(11-18(17)20)23-13-14-5-3-2-4-6-14/h2-12H,13H2,1H3,(H,21,22). The maximum atomic E-state index is 10.7. The molecule has 0 saturated heterocycles. The fourth-order valence-corrected chi connectivity index (χ4v) is 2.52. The predicted molar refractivity (Wildman–Crippen MR) is 90.4 cm³/mol. The van der Waals surface area contributed by atoms with Crippen molar-refractivity contribution < 1.29 is 14.6 Å². The SMILES string of the molecule is Cn1cc(C=CC(=O)O)c2ccc(OCc3ccccc3)cc21. The summed E-state index contributed by atoms with van der Waals surface area (Å²) in [7, 11) is 1.93. The summed E-state index contributed by atoms with van der Waals surface area (Å²) < 4.78 is 7.80. The second-order valence-electron chi connectivity index (χ2n) is 5.32.